The molecule has 1 amide bonds. The molecule has 0 atom stereocenters. The number of nitrogens with one attached hydrogen (secondary N) is 2. The molecule has 0 radical (unpaired) electrons. The molecule has 0 fully saturated rings. The van der Waals surface area contributed by atoms with E-state index in [0.717, 1.165) is 47.3 Å². The second-order valence-electron chi connectivity index (χ2n) is 10.7. The molecule has 0 aliphatic carbocycles. The summed E-state index contributed by atoms with van der Waals surface area (Å²) in [6.07, 6.45) is 1.89. The summed E-state index contributed by atoms with van der Waals surface area (Å²) in [7, 11) is 0. The van der Waals surface area contributed by atoms with Crippen molar-refractivity contribution >= 4 is 29.0 Å². The standard InChI is InChI=1S/C36H33ClN4O/c1-25-12-17-32(37)20-31(25)24-41-19-18-38-35-34(41)21-30(22-39-35)26-13-15-29(16-14-26)36(42)40-23-33(27-8-4-2-5-9-27)28-10-6-3-7-11-28/h2-17,20-22,33H,18-19,23-24H2,1H3,(H,38,39)(H,40,42). The van der Waals surface area contributed by atoms with Gasteiger partial charge in [0, 0.05) is 54.4 Å². The molecule has 1 aliphatic heterocycles. The average molecular weight is 573 g/mol. The molecule has 6 heteroatoms. The van der Waals surface area contributed by atoms with Crippen LogP contribution in [0.15, 0.2) is 115 Å². The number of hydrogen-bond acceptors (Lipinski definition) is 4. The highest BCUT2D eigenvalue weighted by molar-refractivity contribution is 6.30. The molecule has 0 saturated heterocycles. The predicted octanol–water partition coefficient (Wildman–Crippen LogP) is 7.70. The number of pyridine rings is 1. The Balaban J connectivity index is 1.17. The maximum atomic E-state index is 13.2. The molecular weight excluding hydrogens is 540 g/mol. The Kier molecular flexibility index (Phi) is 8.20. The number of benzene rings is 4. The van der Waals surface area contributed by atoms with Gasteiger partial charge >= 0.3 is 0 Å². The molecule has 6 rings (SSSR count). The van der Waals surface area contributed by atoms with Crippen LogP contribution in [0.4, 0.5) is 11.5 Å². The number of aryl methyl sites for hydroxylation is 1. The van der Waals surface area contributed by atoms with E-state index in [-0.39, 0.29) is 11.8 Å². The van der Waals surface area contributed by atoms with Crippen LogP contribution in [0.2, 0.25) is 5.02 Å². The fourth-order valence-corrected chi connectivity index (χ4v) is 5.70. The first-order valence-electron chi connectivity index (χ1n) is 14.3. The lowest BCUT2D eigenvalue weighted by molar-refractivity contribution is 0.0952. The Morgan fingerprint density at radius 2 is 1.60 bits per heavy atom. The molecule has 1 aromatic heterocycles. The van der Waals surface area contributed by atoms with E-state index in [2.05, 4.69) is 58.9 Å². The van der Waals surface area contributed by atoms with Gasteiger partial charge in [0.2, 0.25) is 0 Å². The number of fused-ring (bicyclic) bond motifs is 1. The molecule has 2 N–H and O–H groups in total. The Bertz CT molecular complexity index is 1630. The SMILES string of the molecule is Cc1ccc(Cl)cc1CN1CCNc2ncc(-c3ccc(C(=O)NCC(c4ccccc4)c4ccccc4)cc3)cc21. The molecule has 5 aromatic rings. The second kappa shape index (κ2) is 12.5. The smallest absolute Gasteiger partial charge is 0.251 e. The minimum atomic E-state index is -0.0887. The highest BCUT2D eigenvalue weighted by atomic mass is 35.5. The average Bonchev–Trinajstić information content (AvgIpc) is 3.04. The molecule has 0 saturated carbocycles. The lowest BCUT2D eigenvalue weighted by Crippen LogP contribution is -2.34. The lowest BCUT2D eigenvalue weighted by Gasteiger charge is -2.32. The summed E-state index contributed by atoms with van der Waals surface area (Å²) >= 11 is 6.29. The number of rotatable bonds is 8. The van der Waals surface area contributed by atoms with E-state index in [1.165, 1.54) is 22.3 Å². The third-order valence-electron chi connectivity index (χ3n) is 7.91. The zero-order valence-electron chi connectivity index (χ0n) is 23.6. The zero-order chi connectivity index (χ0) is 28.9. The summed E-state index contributed by atoms with van der Waals surface area (Å²) in [6.45, 7) is 5.09. The van der Waals surface area contributed by atoms with Crippen LogP contribution in [0.25, 0.3) is 11.1 Å². The Labute approximate surface area is 252 Å². The number of carbonyl (C=O) groups excluding carboxylic acids is 1. The van der Waals surface area contributed by atoms with Crippen molar-refractivity contribution in [3.63, 3.8) is 0 Å². The van der Waals surface area contributed by atoms with E-state index in [1.54, 1.807) is 0 Å². The molecule has 2 heterocycles. The van der Waals surface area contributed by atoms with E-state index in [4.69, 9.17) is 16.6 Å². The number of hydrogen-bond donors (Lipinski definition) is 2. The van der Waals surface area contributed by atoms with Crippen LogP contribution < -0.4 is 15.5 Å². The minimum absolute atomic E-state index is 0.0736. The largest absolute Gasteiger partial charge is 0.367 e. The fraction of sp³-hybridized carbons (Fsp3) is 0.167. The Morgan fingerprint density at radius 1 is 0.905 bits per heavy atom. The monoisotopic (exact) mass is 572 g/mol. The van der Waals surface area contributed by atoms with Crippen molar-refractivity contribution in [2.45, 2.75) is 19.4 Å². The Hall–Kier alpha value is -4.61. The number of amides is 1. The maximum Gasteiger partial charge on any atom is 0.251 e. The lowest BCUT2D eigenvalue weighted by atomic mass is 9.91. The quantitative estimate of drug-likeness (QED) is 0.200. The van der Waals surface area contributed by atoms with E-state index in [9.17, 15) is 4.79 Å². The fourth-order valence-electron chi connectivity index (χ4n) is 5.51. The van der Waals surface area contributed by atoms with Crippen molar-refractivity contribution in [1.29, 1.82) is 0 Å². The first kappa shape index (κ1) is 27.6. The maximum absolute atomic E-state index is 13.2. The van der Waals surface area contributed by atoms with Gasteiger partial charge in [0.25, 0.3) is 5.91 Å². The van der Waals surface area contributed by atoms with Crippen molar-refractivity contribution in [1.82, 2.24) is 10.3 Å². The van der Waals surface area contributed by atoms with Gasteiger partial charge in [-0.05, 0) is 65.1 Å². The van der Waals surface area contributed by atoms with Gasteiger partial charge in [-0.3, -0.25) is 4.79 Å². The van der Waals surface area contributed by atoms with Crippen LogP contribution in [-0.4, -0.2) is 30.5 Å². The molecule has 0 unspecified atom stereocenters. The molecule has 210 valence electrons. The van der Waals surface area contributed by atoms with Crippen LogP contribution in [-0.2, 0) is 6.54 Å². The molecule has 0 bridgehead atoms. The van der Waals surface area contributed by atoms with Crippen molar-refractivity contribution in [3.05, 3.63) is 148 Å². The topological polar surface area (TPSA) is 57.3 Å². The van der Waals surface area contributed by atoms with Gasteiger partial charge in [-0.15, -0.1) is 0 Å². The normalized spacial score (nSPS) is 12.5. The number of aromatic nitrogens is 1. The summed E-state index contributed by atoms with van der Waals surface area (Å²) in [6, 6.07) is 36.6. The van der Waals surface area contributed by atoms with Crippen LogP contribution >= 0.6 is 11.6 Å². The number of anilines is 2. The summed E-state index contributed by atoms with van der Waals surface area (Å²) in [5, 5.41) is 7.33. The Morgan fingerprint density at radius 3 is 2.29 bits per heavy atom. The van der Waals surface area contributed by atoms with Crippen molar-refractivity contribution in [3.8, 4) is 11.1 Å². The highest BCUT2D eigenvalue weighted by Crippen LogP contribution is 2.33. The van der Waals surface area contributed by atoms with Gasteiger partial charge in [0.15, 0.2) is 0 Å². The zero-order valence-corrected chi connectivity index (χ0v) is 24.3. The van der Waals surface area contributed by atoms with E-state index >= 15 is 0 Å². The molecule has 4 aromatic carbocycles. The van der Waals surface area contributed by atoms with Crippen molar-refractivity contribution in [2.24, 2.45) is 0 Å². The van der Waals surface area contributed by atoms with Crippen LogP contribution in [0.3, 0.4) is 0 Å². The van der Waals surface area contributed by atoms with E-state index in [0.29, 0.717) is 12.1 Å². The minimum Gasteiger partial charge on any atom is -0.367 e. The number of halogens is 1. The van der Waals surface area contributed by atoms with Crippen LogP contribution in [0, 0.1) is 6.92 Å². The summed E-state index contributed by atoms with van der Waals surface area (Å²) in [5.74, 6) is 0.866. The molecule has 42 heavy (non-hydrogen) atoms. The molecule has 0 spiro atoms. The van der Waals surface area contributed by atoms with Crippen molar-refractivity contribution < 1.29 is 4.79 Å². The number of carbonyl (C=O) groups is 1. The predicted molar refractivity (Wildman–Crippen MR) is 172 cm³/mol. The van der Waals surface area contributed by atoms with Gasteiger partial charge in [0.05, 0.1) is 5.69 Å². The molecule has 5 nitrogen and oxygen atoms in total. The van der Waals surface area contributed by atoms with Gasteiger partial charge < -0.3 is 15.5 Å². The summed E-state index contributed by atoms with van der Waals surface area (Å²) < 4.78 is 0. The van der Waals surface area contributed by atoms with Gasteiger partial charge in [0.1, 0.15) is 5.82 Å². The number of nitrogens with zero attached hydrogens (tertiary/aromatic N) is 2. The van der Waals surface area contributed by atoms with Gasteiger partial charge in [-0.1, -0.05) is 90.5 Å². The first-order valence-corrected chi connectivity index (χ1v) is 14.7. The van der Waals surface area contributed by atoms with E-state index in [1.807, 2.05) is 79.0 Å². The highest BCUT2D eigenvalue weighted by Gasteiger charge is 2.20. The van der Waals surface area contributed by atoms with E-state index < -0.39 is 0 Å². The van der Waals surface area contributed by atoms with Crippen LogP contribution in [0.5, 0.6) is 0 Å². The third kappa shape index (κ3) is 6.17. The summed E-state index contributed by atoms with van der Waals surface area (Å²) in [5.41, 5.74) is 8.48. The molecular formula is C36H33ClN4O. The first-order chi connectivity index (χ1) is 20.5. The molecule has 1 aliphatic rings. The van der Waals surface area contributed by atoms with Gasteiger partial charge in [-0.2, -0.15) is 0 Å². The van der Waals surface area contributed by atoms with Crippen LogP contribution in [0.1, 0.15) is 38.5 Å². The van der Waals surface area contributed by atoms with Crippen molar-refractivity contribution in [2.75, 3.05) is 29.9 Å². The third-order valence-corrected chi connectivity index (χ3v) is 8.14. The second-order valence-corrected chi connectivity index (χ2v) is 11.1. The van der Waals surface area contributed by atoms with Gasteiger partial charge in [-0.25, -0.2) is 4.98 Å². The summed E-state index contributed by atoms with van der Waals surface area (Å²) in [4.78, 5) is 20.3.